The van der Waals surface area contributed by atoms with E-state index in [1.165, 1.54) is 37.8 Å². The van der Waals surface area contributed by atoms with Gasteiger partial charge < -0.3 is 5.11 Å². The maximum atomic E-state index is 9.91. The molecule has 0 aromatic heterocycles. The Bertz CT molecular complexity index is 514. The third-order valence-corrected chi connectivity index (χ3v) is 5.27. The summed E-state index contributed by atoms with van der Waals surface area (Å²) in [6.45, 7) is 4.53. The first-order chi connectivity index (χ1) is 10.8. The number of aliphatic hydroxyl groups excluding tert-OH is 1. The number of unbranched alkanes of at least 4 members (excludes halogenated alkanes) is 1. The van der Waals surface area contributed by atoms with E-state index < -0.39 is 0 Å². The number of nitrogens with zero attached hydrogens (tertiary/aromatic N) is 1. The highest BCUT2D eigenvalue weighted by molar-refractivity contribution is 5.85. The zero-order chi connectivity index (χ0) is 15.4. The third kappa shape index (κ3) is 4.82. The van der Waals surface area contributed by atoms with Crippen molar-refractivity contribution in [3.05, 3.63) is 47.0 Å². The van der Waals surface area contributed by atoms with Gasteiger partial charge in [-0.3, -0.25) is 4.90 Å². The van der Waals surface area contributed by atoms with Gasteiger partial charge in [-0.25, -0.2) is 0 Å². The second kappa shape index (κ2) is 8.86. The molecule has 2 nitrogen and oxygen atoms in total. The van der Waals surface area contributed by atoms with E-state index in [-0.39, 0.29) is 18.5 Å². The lowest BCUT2D eigenvalue weighted by atomic mass is 9.92. The minimum atomic E-state index is -0.0873. The molecule has 0 saturated carbocycles. The molecule has 3 heteroatoms. The van der Waals surface area contributed by atoms with Gasteiger partial charge in [0, 0.05) is 12.6 Å². The van der Waals surface area contributed by atoms with Crippen molar-refractivity contribution in [2.45, 2.75) is 70.6 Å². The van der Waals surface area contributed by atoms with E-state index >= 15 is 0 Å². The van der Waals surface area contributed by atoms with Crippen LogP contribution in [0.15, 0.2) is 41.5 Å². The predicted molar refractivity (Wildman–Crippen MR) is 98.9 cm³/mol. The van der Waals surface area contributed by atoms with E-state index in [4.69, 9.17) is 0 Å². The number of halogens is 1. The molecule has 1 aromatic rings. The summed E-state index contributed by atoms with van der Waals surface area (Å²) < 4.78 is 0. The van der Waals surface area contributed by atoms with Crippen molar-refractivity contribution in [1.29, 1.82) is 0 Å². The minimum absolute atomic E-state index is 0. The fourth-order valence-corrected chi connectivity index (χ4v) is 3.99. The smallest absolute Gasteiger partial charge is 0.0580 e. The lowest BCUT2D eigenvalue weighted by molar-refractivity contribution is 0.157. The number of benzene rings is 1. The molecule has 3 rings (SSSR count). The van der Waals surface area contributed by atoms with E-state index in [0.29, 0.717) is 6.04 Å². The van der Waals surface area contributed by atoms with Crippen LogP contribution in [-0.2, 0) is 6.54 Å². The maximum Gasteiger partial charge on any atom is 0.0580 e. The van der Waals surface area contributed by atoms with Crippen LogP contribution in [0.1, 0.15) is 57.4 Å². The molecule has 0 aliphatic heterocycles. The predicted octanol–water partition coefficient (Wildman–Crippen LogP) is 4.71. The average molecular weight is 336 g/mol. The fraction of sp³-hybridized carbons (Fsp3) is 0.600. The molecule has 0 radical (unpaired) electrons. The molecular weight excluding hydrogens is 306 g/mol. The number of hydrogen-bond acceptors (Lipinski definition) is 2. The second-order valence-corrected chi connectivity index (χ2v) is 6.98. The summed E-state index contributed by atoms with van der Waals surface area (Å²) in [5.74, 6) is 0. The van der Waals surface area contributed by atoms with Crippen LogP contribution in [0.2, 0.25) is 0 Å². The Hall–Kier alpha value is -0.830. The normalized spacial score (nSPS) is 23.8. The second-order valence-electron chi connectivity index (χ2n) is 6.98. The lowest BCUT2D eigenvalue weighted by Gasteiger charge is -2.29. The van der Waals surface area contributed by atoms with Crippen LogP contribution < -0.4 is 0 Å². The first-order valence-corrected chi connectivity index (χ1v) is 8.92. The summed E-state index contributed by atoms with van der Waals surface area (Å²) >= 11 is 0. The lowest BCUT2D eigenvalue weighted by Crippen LogP contribution is -2.34. The molecule has 0 saturated heterocycles. The first kappa shape index (κ1) is 18.5. The van der Waals surface area contributed by atoms with Gasteiger partial charge >= 0.3 is 0 Å². The van der Waals surface area contributed by atoms with Crippen LogP contribution in [0.4, 0.5) is 0 Å². The quantitative estimate of drug-likeness (QED) is 0.761. The molecule has 2 atom stereocenters. The number of rotatable bonds is 6. The van der Waals surface area contributed by atoms with Gasteiger partial charge in [0.05, 0.1) is 6.10 Å². The zero-order valence-electron chi connectivity index (χ0n) is 14.2. The Morgan fingerprint density at radius 1 is 1.09 bits per heavy atom. The van der Waals surface area contributed by atoms with E-state index in [0.717, 1.165) is 25.8 Å². The van der Waals surface area contributed by atoms with E-state index in [2.05, 4.69) is 42.2 Å². The molecule has 0 bridgehead atoms. The average Bonchev–Trinajstić information content (AvgIpc) is 2.95. The highest BCUT2D eigenvalue weighted by Gasteiger charge is 2.31. The van der Waals surface area contributed by atoms with Crippen molar-refractivity contribution in [2.75, 3.05) is 6.54 Å². The van der Waals surface area contributed by atoms with Gasteiger partial charge in [-0.2, -0.15) is 0 Å². The van der Waals surface area contributed by atoms with Crippen molar-refractivity contribution in [2.24, 2.45) is 0 Å². The van der Waals surface area contributed by atoms with Gasteiger partial charge in [-0.15, -0.1) is 12.4 Å². The van der Waals surface area contributed by atoms with Crippen molar-refractivity contribution in [3.8, 4) is 0 Å². The van der Waals surface area contributed by atoms with Crippen molar-refractivity contribution < 1.29 is 5.11 Å². The van der Waals surface area contributed by atoms with Crippen LogP contribution in [-0.4, -0.2) is 28.7 Å². The van der Waals surface area contributed by atoms with E-state index in [1.54, 1.807) is 11.1 Å². The van der Waals surface area contributed by atoms with Gasteiger partial charge in [-0.1, -0.05) is 54.8 Å². The molecule has 1 N–H and O–H groups in total. The highest BCUT2D eigenvalue weighted by Crippen LogP contribution is 2.39. The van der Waals surface area contributed by atoms with Crippen LogP contribution in [0.5, 0.6) is 0 Å². The van der Waals surface area contributed by atoms with Gasteiger partial charge in [0.25, 0.3) is 0 Å². The Morgan fingerprint density at radius 3 is 2.57 bits per heavy atom. The molecule has 2 aliphatic rings. The molecule has 2 aliphatic carbocycles. The van der Waals surface area contributed by atoms with Crippen molar-refractivity contribution in [3.63, 3.8) is 0 Å². The minimum Gasteiger partial charge on any atom is -0.393 e. The number of hydrogen-bond donors (Lipinski definition) is 1. The van der Waals surface area contributed by atoms with E-state index in [9.17, 15) is 5.11 Å². The Labute approximate surface area is 147 Å². The highest BCUT2D eigenvalue weighted by atomic mass is 35.5. The summed E-state index contributed by atoms with van der Waals surface area (Å²) in [5.41, 5.74) is 4.65. The standard InChI is InChI=1S/C20H29NO.ClH/c1-2-3-11-21(15-16-7-5-4-6-8-16)19-12-17-9-10-20(22)14-18(17)13-19;/h4-8,19-20,22H,2-3,9-15H2,1H3;1H. The molecule has 0 fully saturated rings. The summed E-state index contributed by atoms with van der Waals surface area (Å²) in [6, 6.07) is 11.5. The Kier molecular flexibility index (Phi) is 7.13. The van der Waals surface area contributed by atoms with Crippen molar-refractivity contribution >= 4 is 12.4 Å². The zero-order valence-corrected chi connectivity index (χ0v) is 15.0. The molecule has 0 amide bonds. The third-order valence-electron chi connectivity index (χ3n) is 5.27. The Balaban J connectivity index is 0.00000192. The number of aliphatic hydroxyl groups is 1. The fourth-order valence-electron chi connectivity index (χ4n) is 3.99. The van der Waals surface area contributed by atoms with Gasteiger partial charge in [0.1, 0.15) is 0 Å². The summed E-state index contributed by atoms with van der Waals surface area (Å²) in [7, 11) is 0. The largest absolute Gasteiger partial charge is 0.393 e. The van der Waals surface area contributed by atoms with Gasteiger partial charge in [0.15, 0.2) is 0 Å². The van der Waals surface area contributed by atoms with Crippen molar-refractivity contribution in [1.82, 2.24) is 4.90 Å². The first-order valence-electron chi connectivity index (χ1n) is 8.92. The topological polar surface area (TPSA) is 23.5 Å². The monoisotopic (exact) mass is 335 g/mol. The molecule has 128 valence electrons. The molecule has 1 aromatic carbocycles. The molecular formula is C20H30ClNO. The summed E-state index contributed by atoms with van der Waals surface area (Å²) in [4.78, 5) is 2.68. The van der Waals surface area contributed by atoms with Crippen LogP contribution in [0.3, 0.4) is 0 Å². The maximum absolute atomic E-state index is 9.91. The van der Waals surface area contributed by atoms with Gasteiger partial charge in [-0.05, 0) is 50.6 Å². The van der Waals surface area contributed by atoms with Crippen LogP contribution >= 0.6 is 12.4 Å². The van der Waals surface area contributed by atoms with Crippen LogP contribution in [0, 0.1) is 0 Å². The SMILES string of the molecule is CCCCN(Cc1ccccc1)C1CC2=C(CC(O)CC2)C1.Cl. The summed E-state index contributed by atoms with van der Waals surface area (Å²) in [6.07, 6.45) is 7.88. The summed E-state index contributed by atoms with van der Waals surface area (Å²) in [5, 5.41) is 9.91. The van der Waals surface area contributed by atoms with E-state index in [1.807, 2.05) is 0 Å². The molecule has 23 heavy (non-hydrogen) atoms. The van der Waals surface area contributed by atoms with Crippen LogP contribution in [0.25, 0.3) is 0 Å². The van der Waals surface area contributed by atoms with Gasteiger partial charge in [0.2, 0.25) is 0 Å². The molecule has 0 spiro atoms. The molecule has 2 unspecified atom stereocenters. The molecule has 0 heterocycles. The Morgan fingerprint density at radius 2 is 1.83 bits per heavy atom.